The molecule has 1 aromatic heterocycles. The first kappa shape index (κ1) is 17.4. The number of nitrogens with zero attached hydrogens (tertiary/aromatic N) is 2. The van der Waals surface area contributed by atoms with Crippen LogP contribution in [0.25, 0.3) is 0 Å². The largest absolute Gasteiger partial charge is 0.438 e. The number of anilines is 1. The molecule has 0 amide bonds. The summed E-state index contributed by atoms with van der Waals surface area (Å²) in [7, 11) is 0. The van der Waals surface area contributed by atoms with E-state index in [1.165, 1.54) is 31.3 Å². The Bertz CT molecular complexity index is 716. The third kappa shape index (κ3) is 5.83. The van der Waals surface area contributed by atoms with Gasteiger partial charge in [0.05, 0.1) is 0 Å². The normalized spacial score (nSPS) is 13.7. The second-order valence-corrected chi connectivity index (χ2v) is 6.32. The molecule has 0 bridgehead atoms. The van der Waals surface area contributed by atoms with Crippen molar-refractivity contribution in [3.8, 4) is 11.6 Å². The molecule has 5 nitrogen and oxygen atoms in total. The van der Waals surface area contributed by atoms with E-state index >= 15 is 0 Å². The van der Waals surface area contributed by atoms with E-state index in [1.807, 2.05) is 30.3 Å². The lowest BCUT2D eigenvalue weighted by Gasteiger charge is -2.14. The van der Waals surface area contributed by atoms with Gasteiger partial charge in [-0.05, 0) is 62.5 Å². The minimum absolute atomic E-state index is 0.444. The van der Waals surface area contributed by atoms with Crippen molar-refractivity contribution in [2.75, 3.05) is 11.9 Å². The lowest BCUT2D eigenvalue weighted by Crippen LogP contribution is -2.30. The summed E-state index contributed by atoms with van der Waals surface area (Å²) in [6, 6.07) is 13.0. The summed E-state index contributed by atoms with van der Waals surface area (Å²) in [4.78, 5) is 0. The van der Waals surface area contributed by atoms with Crippen LogP contribution < -0.4 is 15.4 Å². The number of rotatable bonds is 6. The Morgan fingerprint density at radius 2 is 1.96 bits per heavy atom. The molecule has 0 aliphatic heterocycles. The van der Waals surface area contributed by atoms with Gasteiger partial charge in [0.15, 0.2) is 10.9 Å². The second kappa shape index (κ2) is 9.13. The fraction of sp³-hybridized carbons (Fsp3) is 0.316. The number of allylic oxidation sites excluding steroid dienone is 1. The van der Waals surface area contributed by atoms with E-state index in [1.54, 1.807) is 12.1 Å². The molecule has 25 heavy (non-hydrogen) atoms. The molecule has 0 radical (unpaired) electrons. The molecule has 0 unspecified atom stereocenters. The zero-order valence-electron chi connectivity index (χ0n) is 14.1. The van der Waals surface area contributed by atoms with Crippen LogP contribution in [0, 0.1) is 0 Å². The first-order valence-corrected chi connectivity index (χ1v) is 9.00. The van der Waals surface area contributed by atoms with E-state index in [9.17, 15) is 0 Å². The van der Waals surface area contributed by atoms with Crippen molar-refractivity contribution < 1.29 is 4.74 Å². The molecule has 1 aliphatic rings. The van der Waals surface area contributed by atoms with E-state index in [2.05, 4.69) is 26.9 Å². The van der Waals surface area contributed by atoms with Crippen LogP contribution in [0.2, 0.25) is 0 Å². The second-order valence-electron chi connectivity index (χ2n) is 5.91. The van der Waals surface area contributed by atoms with Crippen LogP contribution >= 0.6 is 12.2 Å². The Kier molecular flexibility index (Phi) is 6.34. The third-order valence-electron chi connectivity index (χ3n) is 3.96. The quantitative estimate of drug-likeness (QED) is 0.590. The summed E-state index contributed by atoms with van der Waals surface area (Å²) in [6.07, 6.45) is 8.46. The molecule has 1 aliphatic carbocycles. The number of nitrogens with one attached hydrogen (secondary N) is 2. The number of thiocarbonyl (C=S) groups is 1. The highest BCUT2D eigenvalue weighted by Crippen LogP contribution is 2.20. The molecule has 0 spiro atoms. The lowest BCUT2D eigenvalue weighted by atomic mass is 9.97. The zero-order chi connectivity index (χ0) is 17.3. The van der Waals surface area contributed by atoms with Crippen LogP contribution in [-0.2, 0) is 0 Å². The minimum Gasteiger partial charge on any atom is -0.438 e. The number of hydrogen-bond donors (Lipinski definition) is 2. The van der Waals surface area contributed by atoms with Gasteiger partial charge in [0.25, 0.3) is 0 Å². The fourth-order valence-corrected chi connectivity index (χ4v) is 2.89. The van der Waals surface area contributed by atoms with E-state index in [0.717, 1.165) is 18.7 Å². The Balaban J connectivity index is 1.43. The molecule has 3 rings (SSSR count). The molecule has 0 saturated carbocycles. The third-order valence-corrected chi connectivity index (χ3v) is 4.21. The lowest BCUT2D eigenvalue weighted by molar-refractivity contribution is 0.455. The zero-order valence-corrected chi connectivity index (χ0v) is 14.9. The Morgan fingerprint density at radius 3 is 2.68 bits per heavy atom. The van der Waals surface area contributed by atoms with Crippen LogP contribution in [0.5, 0.6) is 11.6 Å². The molecule has 2 aromatic rings. The van der Waals surface area contributed by atoms with E-state index in [0.29, 0.717) is 16.8 Å². The molecule has 0 saturated heterocycles. The maximum atomic E-state index is 5.61. The average molecular weight is 354 g/mol. The van der Waals surface area contributed by atoms with Gasteiger partial charge < -0.3 is 15.4 Å². The number of ether oxygens (including phenoxy) is 1. The van der Waals surface area contributed by atoms with Crippen LogP contribution in [0.3, 0.4) is 0 Å². The van der Waals surface area contributed by atoms with E-state index < -0.39 is 0 Å². The first-order chi connectivity index (χ1) is 12.3. The number of aromatic nitrogens is 2. The van der Waals surface area contributed by atoms with Crippen LogP contribution in [0.15, 0.2) is 54.1 Å². The minimum atomic E-state index is 0.444. The summed E-state index contributed by atoms with van der Waals surface area (Å²) < 4.78 is 5.61. The van der Waals surface area contributed by atoms with Gasteiger partial charge in [-0.1, -0.05) is 29.8 Å². The molecule has 1 aromatic carbocycles. The summed E-state index contributed by atoms with van der Waals surface area (Å²) in [5.41, 5.74) is 1.53. The SMILES string of the molecule is S=C(NCCC1=CCCCC1)Nc1ccc(Oc2ccccc2)nn1. The predicted molar refractivity (Wildman–Crippen MR) is 104 cm³/mol. The van der Waals surface area contributed by atoms with Crippen LogP contribution in [0.1, 0.15) is 32.1 Å². The van der Waals surface area contributed by atoms with Gasteiger partial charge in [0.1, 0.15) is 5.75 Å². The number of para-hydroxylation sites is 1. The summed E-state index contributed by atoms with van der Waals surface area (Å²) in [5.74, 6) is 1.77. The van der Waals surface area contributed by atoms with Gasteiger partial charge >= 0.3 is 0 Å². The predicted octanol–water partition coefficient (Wildman–Crippen LogP) is 4.45. The van der Waals surface area contributed by atoms with E-state index in [-0.39, 0.29) is 0 Å². The van der Waals surface area contributed by atoms with Crippen molar-refractivity contribution in [1.82, 2.24) is 15.5 Å². The molecular weight excluding hydrogens is 332 g/mol. The van der Waals surface area contributed by atoms with Gasteiger partial charge in [0.2, 0.25) is 5.88 Å². The molecule has 130 valence electrons. The molecule has 6 heteroatoms. The topological polar surface area (TPSA) is 59.1 Å². The monoisotopic (exact) mass is 354 g/mol. The van der Waals surface area contributed by atoms with E-state index in [4.69, 9.17) is 17.0 Å². The molecule has 2 N–H and O–H groups in total. The fourth-order valence-electron chi connectivity index (χ4n) is 2.68. The van der Waals surface area contributed by atoms with Gasteiger partial charge in [0, 0.05) is 12.6 Å². The Labute approximate surface area is 153 Å². The summed E-state index contributed by atoms with van der Waals surface area (Å²) in [6.45, 7) is 0.834. The van der Waals surface area contributed by atoms with Crippen molar-refractivity contribution in [3.63, 3.8) is 0 Å². The van der Waals surface area contributed by atoms with Crippen LogP contribution in [0.4, 0.5) is 5.82 Å². The molecule has 0 atom stereocenters. The highest BCUT2D eigenvalue weighted by Gasteiger charge is 2.05. The maximum absolute atomic E-state index is 5.61. The van der Waals surface area contributed by atoms with Gasteiger partial charge in [-0.15, -0.1) is 10.2 Å². The van der Waals surface area contributed by atoms with Gasteiger partial charge in [-0.25, -0.2) is 0 Å². The van der Waals surface area contributed by atoms with Gasteiger partial charge in [-0.2, -0.15) is 0 Å². The van der Waals surface area contributed by atoms with Crippen molar-refractivity contribution in [2.24, 2.45) is 0 Å². The number of benzene rings is 1. The van der Waals surface area contributed by atoms with Crippen molar-refractivity contribution in [1.29, 1.82) is 0 Å². The highest BCUT2D eigenvalue weighted by molar-refractivity contribution is 7.80. The Hall–Kier alpha value is -2.47. The Morgan fingerprint density at radius 1 is 1.08 bits per heavy atom. The standard InChI is InChI=1S/C19H22N4OS/c25-19(20-14-13-15-7-3-1-4-8-15)21-17-11-12-18(23-22-17)24-16-9-5-2-6-10-16/h2,5-7,9-12H,1,3-4,8,13-14H2,(H2,20,21,22,25). The average Bonchev–Trinajstić information content (AvgIpc) is 2.65. The van der Waals surface area contributed by atoms with Gasteiger partial charge in [-0.3, -0.25) is 0 Å². The molecule has 1 heterocycles. The first-order valence-electron chi connectivity index (χ1n) is 8.59. The van der Waals surface area contributed by atoms with Crippen molar-refractivity contribution in [3.05, 3.63) is 54.1 Å². The summed E-state index contributed by atoms with van der Waals surface area (Å²) >= 11 is 5.30. The molecular formula is C19H22N4OS. The summed E-state index contributed by atoms with van der Waals surface area (Å²) in [5, 5.41) is 15.0. The van der Waals surface area contributed by atoms with Crippen molar-refractivity contribution >= 4 is 23.1 Å². The number of hydrogen-bond acceptors (Lipinski definition) is 4. The highest BCUT2D eigenvalue weighted by atomic mass is 32.1. The van der Waals surface area contributed by atoms with Crippen molar-refractivity contribution in [2.45, 2.75) is 32.1 Å². The van der Waals surface area contributed by atoms with Crippen LogP contribution in [-0.4, -0.2) is 21.9 Å². The molecule has 0 fully saturated rings. The maximum Gasteiger partial charge on any atom is 0.238 e. The smallest absolute Gasteiger partial charge is 0.238 e.